The summed E-state index contributed by atoms with van der Waals surface area (Å²) in [4.78, 5) is 0. The summed E-state index contributed by atoms with van der Waals surface area (Å²) in [7, 11) is 0. The first kappa shape index (κ1) is 61.1. The van der Waals surface area contributed by atoms with Gasteiger partial charge >= 0.3 is 0 Å². The molecule has 0 fully saturated rings. The van der Waals surface area contributed by atoms with Crippen LogP contribution in [0.25, 0.3) is 0 Å². The second-order valence-electron chi connectivity index (χ2n) is 22.0. The van der Waals surface area contributed by atoms with Gasteiger partial charge in [-0.3, -0.25) is 0 Å². The van der Waals surface area contributed by atoms with Crippen LogP contribution < -0.4 is 0 Å². The molecule has 1 aliphatic carbocycles. The number of phenols is 8. The van der Waals surface area contributed by atoms with Gasteiger partial charge in [-0.15, -0.1) is 26.3 Å². The van der Waals surface area contributed by atoms with Crippen molar-refractivity contribution in [3.8, 4) is 46.0 Å². The summed E-state index contributed by atoms with van der Waals surface area (Å²) in [6.07, 6.45) is 38.1. The predicted molar refractivity (Wildman–Crippen MR) is 315 cm³/mol. The highest BCUT2D eigenvalue weighted by Gasteiger charge is 2.33. The molecule has 0 unspecified atom stereocenters. The average molecular weight is 1040 g/mol. The van der Waals surface area contributed by atoms with Crippen molar-refractivity contribution in [1.82, 2.24) is 0 Å². The molecular weight excluding hydrogens is 945 g/mol. The van der Waals surface area contributed by atoms with E-state index in [4.69, 9.17) is 0 Å². The van der Waals surface area contributed by atoms with Gasteiger partial charge < -0.3 is 40.9 Å². The Labute approximate surface area is 457 Å². The molecule has 0 atom stereocenters. The quantitative estimate of drug-likeness (QED) is 0.0165. The van der Waals surface area contributed by atoms with Crippen molar-refractivity contribution in [2.75, 3.05) is 0 Å². The van der Waals surface area contributed by atoms with E-state index < -0.39 is 23.7 Å². The Morgan fingerprint density at radius 2 is 0.368 bits per heavy atom. The lowest BCUT2D eigenvalue weighted by molar-refractivity contribution is 0.418. The van der Waals surface area contributed by atoms with Gasteiger partial charge in [0.05, 0.1) is 0 Å². The van der Waals surface area contributed by atoms with E-state index in [9.17, 15) is 40.9 Å². The minimum absolute atomic E-state index is 0.120. The number of allylic oxidation sites excluding steroid dienone is 4. The van der Waals surface area contributed by atoms with Crippen LogP contribution in [0.1, 0.15) is 274 Å². The van der Waals surface area contributed by atoms with Crippen molar-refractivity contribution in [2.24, 2.45) is 0 Å². The van der Waals surface area contributed by atoms with Crippen molar-refractivity contribution in [2.45, 2.75) is 229 Å². The highest BCUT2D eigenvalue weighted by molar-refractivity contribution is 5.62. The molecule has 5 rings (SSSR count). The molecule has 8 bridgehead atoms. The molecule has 0 saturated carbocycles. The lowest BCUT2D eigenvalue weighted by Crippen LogP contribution is -2.11. The second kappa shape index (κ2) is 33.4. The second-order valence-corrected chi connectivity index (χ2v) is 22.0. The molecule has 1 aliphatic rings. The van der Waals surface area contributed by atoms with Gasteiger partial charge in [-0.05, 0) is 101 Å². The van der Waals surface area contributed by atoms with Gasteiger partial charge in [-0.2, -0.15) is 0 Å². The van der Waals surface area contributed by atoms with Gasteiger partial charge in [0.1, 0.15) is 46.0 Å². The molecular formula is C68H96O8. The molecule has 8 N–H and O–H groups in total. The zero-order valence-corrected chi connectivity index (χ0v) is 46.3. The first-order valence-corrected chi connectivity index (χ1v) is 29.6. The van der Waals surface area contributed by atoms with Crippen molar-refractivity contribution in [3.05, 3.63) is 144 Å². The molecule has 0 spiro atoms. The number of unbranched alkanes of at least 4 members (excludes halogenated alkanes) is 24. The van der Waals surface area contributed by atoms with Crippen LogP contribution >= 0.6 is 0 Å². The molecule has 0 heterocycles. The van der Waals surface area contributed by atoms with Crippen molar-refractivity contribution >= 4 is 0 Å². The SMILES string of the molecule is C=CCCCCCCCCC1c2cc(c(O)cc2O)C(CCCCCCCCC=C)c2cc(c(O)cc2O)C(CCCCCCCCC=C)c2cc(c(O)cc2O)C(CCCCCCCCC=C)c2cc1c(O)cc2O. The van der Waals surface area contributed by atoms with Gasteiger partial charge in [0.25, 0.3) is 0 Å². The van der Waals surface area contributed by atoms with Crippen molar-refractivity contribution in [3.63, 3.8) is 0 Å². The third kappa shape index (κ3) is 18.2. The van der Waals surface area contributed by atoms with Crippen molar-refractivity contribution < 1.29 is 40.9 Å². The summed E-state index contributed by atoms with van der Waals surface area (Å²) < 4.78 is 0. The fourth-order valence-corrected chi connectivity index (χ4v) is 12.0. The molecule has 4 aromatic carbocycles. The zero-order valence-electron chi connectivity index (χ0n) is 46.3. The van der Waals surface area contributed by atoms with Crippen LogP contribution in [0.4, 0.5) is 0 Å². The van der Waals surface area contributed by atoms with Gasteiger partial charge in [0.15, 0.2) is 0 Å². The van der Waals surface area contributed by atoms with E-state index in [1.54, 1.807) is 0 Å². The molecule has 0 aromatic heterocycles. The highest BCUT2D eigenvalue weighted by atomic mass is 16.3. The third-order valence-electron chi connectivity index (χ3n) is 16.3. The fourth-order valence-electron chi connectivity index (χ4n) is 12.0. The van der Waals surface area contributed by atoms with Crippen molar-refractivity contribution in [1.29, 1.82) is 0 Å². The zero-order chi connectivity index (χ0) is 54.7. The molecule has 0 amide bonds. The number of aromatic hydroxyl groups is 8. The number of benzene rings is 4. The van der Waals surface area contributed by atoms with E-state index in [0.29, 0.717) is 70.2 Å². The summed E-state index contributed by atoms with van der Waals surface area (Å²) in [5.41, 5.74) is 4.18. The van der Waals surface area contributed by atoms with Crippen LogP contribution in [-0.2, 0) is 0 Å². The maximum absolute atomic E-state index is 12.1. The smallest absolute Gasteiger partial charge is 0.123 e. The predicted octanol–water partition coefficient (Wildman–Crippen LogP) is 19.4. The van der Waals surface area contributed by atoms with Gasteiger partial charge in [-0.1, -0.05) is 153 Å². The van der Waals surface area contributed by atoms with Gasteiger partial charge in [0.2, 0.25) is 0 Å². The van der Waals surface area contributed by atoms with E-state index in [0.717, 1.165) is 180 Å². The summed E-state index contributed by atoms with van der Waals surface area (Å²) in [6, 6.07) is 13.0. The molecule has 0 aliphatic heterocycles. The lowest BCUT2D eigenvalue weighted by atomic mass is 9.76. The minimum Gasteiger partial charge on any atom is -0.508 e. The van der Waals surface area contributed by atoms with E-state index in [1.807, 2.05) is 48.6 Å². The van der Waals surface area contributed by atoms with Crippen LogP contribution in [0.5, 0.6) is 46.0 Å². The molecule has 76 heavy (non-hydrogen) atoms. The summed E-state index contributed by atoms with van der Waals surface area (Å²) in [5.74, 6) is -3.24. The minimum atomic E-state index is -0.570. The lowest BCUT2D eigenvalue weighted by Gasteiger charge is -2.29. The van der Waals surface area contributed by atoms with Crippen LogP contribution in [-0.4, -0.2) is 40.9 Å². The number of fused-ring (bicyclic) bond motifs is 8. The van der Waals surface area contributed by atoms with E-state index >= 15 is 0 Å². The topological polar surface area (TPSA) is 162 Å². The Kier molecular flexibility index (Phi) is 26.9. The Morgan fingerprint density at radius 3 is 0.526 bits per heavy atom. The Bertz CT molecular complexity index is 1980. The number of rotatable bonds is 36. The van der Waals surface area contributed by atoms with Gasteiger partial charge in [-0.25, -0.2) is 0 Å². The largest absolute Gasteiger partial charge is 0.508 e. The van der Waals surface area contributed by atoms with Crippen LogP contribution in [0.2, 0.25) is 0 Å². The maximum Gasteiger partial charge on any atom is 0.123 e. The van der Waals surface area contributed by atoms with Crippen LogP contribution in [0, 0.1) is 0 Å². The standard InChI is InChI=1S/C68H96O8/c1-5-9-13-17-21-25-29-33-37-49-53-41-55(63(71)45-61(53)69)50(38-34-30-26-22-18-14-10-6-2)57-43-59(67(75)47-65(57)73)52(40-36-32-28-24-20-16-12-8-4)60-44-58(66(74)48-68(60)76)51(39-35-31-27-23-19-15-11-7-3)56-42-54(49)62(70)46-64(56)72/h5-8,41-52,69-76H,1-4,9-40H2. The maximum atomic E-state index is 12.1. The monoisotopic (exact) mass is 1040 g/mol. The normalized spacial score (nSPS) is 16.1. The highest BCUT2D eigenvalue weighted by Crippen LogP contribution is 2.52. The molecule has 0 saturated heterocycles. The first-order chi connectivity index (χ1) is 36.9. The Hall–Kier alpha value is -5.76. The van der Waals surface area contributed by atoms with Crippen LogP contribution in [0.3, 0.4) is 0 Å². The van der Waals surface area contributed by atoms with Crippen LogP contribution in [0.15, 0.2) is 99.2 Å². The fraction of sp³-hybridized carbons (Fsp3) is 0.529. The van der Waals surface area contributed by atoms with Gasteiger partial charge in [0, 0.05) is 92.4 Å². The molecule has 0 radical (unpaired) electrons. The molecule has 4 aromatic rings. The molecule has 8 heteroatoms. The summed E-state index contributed by atoms with van der Waals surface area (Å²) in [5, 5.41) is 96.4. The Morgan fingerprint density at radius 1 is 0.224 bits per heavy atom. The van der Waals surface area contributed by atoms with E-state index in [1.165, 1.54) is 24.3 Å². The van der Waals surface area contributed by atoms with E-state index in [2.05, 4.69) is 26.3 Å². The van der Waals surface area contributed by atoms with E-state index in [-0.39, 0.29) is 46.0 Å². The Balaban J connectivity index is 1.73. The summed E-state index contributed by atoms with van der Waals surface area (Å²) >= 11 is 0. The number of hydrogen-bond acceptors (Lipinski definition) is 8. The first-order valence-electron chi connectivity index (χ1n) is 29.6. The third-order valence-corrected chi connectivity index (χ3v) is 16.3. The summed E-state index contributed by atoms with van der Waals surface area (Å²) in [6.45, 7) is 15.5. The number of hydrogen-bond donors (Lipinski definition) is 8. The molecule has 8 nitrogen and oxygen atoms in total. The average Bonchev–Trinajstić information content (AvgIpc) is 3.39. The number of phenolic OH excluding ortho intramolecular Hbond substituents is 8. The molecule has 416 valence electrons.